The van der Waals surface area contributed by atoms with E-state index in [-0.39, 0.29) is 12.5 Å². The number of methoxy groups -OCH3 is 1. The van der Waals surface area contributed by atoms with Crippen LogP contribution in [-0.2, 0) is 9.53 Å². The number of nitrogens with zero attached hydrogens (tertiary/aromatic N) is 1. The zero-order chi connectivity index (χ0) is 11.0. The van der Waals surface area contributed by atoms with Crippen molar-refractivity contribution in [2.24, 2.45) is 23.7 Å². The normalized spacial score (nSPS) is 39.5. The number of amides is 1. The second kappa shape index (κ2) is 4.12. The van der Waals surface area contributed by atoms with Crippen LogP contribution in [0.4, 0.5) is 0 Å². The van der Waals surface area contributed by atoms with Gasteiger partial charge in [0.2, 0.25) is 5.91 Å². The average Bonchev–Trinajstić information content (AvgIpc) is 2.70. The molecule has 3 nitrogen and oxygen atoms in total. The summed E-state index contributed by atoms with van der Waals surface area (Å²) in [7, 11) is 1.58. The van der Waals surface area contributed by atoms with Crippen LogP contribution in [0.5, 0.6) is 0 Å². The van der Waals surface area contributed by atoms with Gasteiger partial charge in [-0.15, -0.1) is 0 Å². The minimum atomic E-state index is 0.159. The van der Waals surface area contributed by atoms with E-state index in [1.54, 1.807) is 7.11 Å². The molecule has 0 aromatic heterocycles. The number of carbonyl (C=O) groups excluding carboxylic acids is 1. The van der Waals surface area contributed by atoms with Crippen LogP contribution in [0.1, 0.15) is 20.3 Å². The van der Waals surface area contributed by atoms with E-state index in [9.17, 15) is 4.79 Å². The van der Waals surface area contributed by atoms with Gasteiger partial charge >= 0.3 is 0 Å². The van der Waals surface area contributed by atoms with Gasteiger partial charge in [0.15, 0.2) is 0 Å². The quantitative estimate of drug-likeness (QED) is 0.690. The zero-order valence-electron chi connectivity index (χ0n) is 9.90. The fourth-order valence-electron chi connectivity index (χ4n) is 3.27. The topological polar surface area (TPSA) is 29.5 Å². The second-order valence-electron chi connectivity index (χ2n) is 5.23. The van der Waals surface area contributed by atoms with Gasteiger partial charge in [0.1, 0.15) is 6.61 Å². The molecule has 2 fully saturated rings. The van der Waals surface area contributed by atoms with E-state index in [0.717, 1.165) is 36.8 Å². The van der Waals surface area contributed by atoms with Gasteiger partial charge in [-0.2, -0.15) is 0 Å². The van der Waals surface area contributed by atoms with Gasteiger partial charge in [0, 0.05) is 20.2 Å². The predicted octanol–water partition coefficient (Wildman–Crippen LogP) is 1.38. The third-order valence-electron chi connectivity index (χ3n) is 4.36. The van der Waals surface area contributed by atoms with Gasteiger partial charge in [0.25, 0.3) is 0 Å². The summed E-state index contributed by atoms with van der Waals surface area (Å²) in [6.07, 6.45) is 1.29. The molecule has 1 saturated carbocycles. The highest BCUT2D eigenvalue weighted by atomic mass is 16.5. The van der Waals surface area contributed by atoms with Crippen molar-refractivity contribution in [3.05, 3.63) is 0 Å². The van der Waals surface area contributed by atoms with E-state index >= 15 is 0 Å². The third kappa shape index (κ3) is 1.89. The summed E-state index contributed by atoms with van der Waals surface area (Å²) in [6, 6.07) is 0. The molecule has 15 heavy (non-hydrogen) atoms. The molecule has 2 rings (SSSR count). The lowest BCUT2D eigenvalue weighted by molar-refractivity contribution is -0.134. The number of ether oxygens (including phenoxy) is 1. The Morgan fingerprint density at radius 2 is 2.13 bits per heavy atom. The average molecular weight is 211 g/mol. The van der Waals surface area contributed by atoms with Crippen LogP contribution < -0.4 is 0 Å². The summed E-state index contributed by atoms with van der Waals surface area (Å²) >= 11 is 0. The molecular formula is C12H21NO2. The molecule has 1 saturated heterocycles. The van der Waals surface area contributed by atoms with Crippen molar-refractivity contribution in [3.63, 3.8) is 0 Å². The molecule has 86 valence electrons. The summed E-state index contributed by atoms with van der Waals surface area (Å²) in [5.74, 6) is 3.25. The predicted molar refractivity (Wildman–Crippen MR) is 58.4 cm³/mol. The van der Waals surface area contributed by atoms with Crippen molar-refractivity contribution in [1.29, 1.82) is 0 Å². The van der Waals surface area contributed by atoms with Crippen molar-refractivity contribution in [2.75, 3.05) is 26.8 Å². The molecule has 1 aliphatic carbocycles. The number of likely N-dealkylation sites (tertiary alicyclic amines) is 1. The highest BCUT2D eigenvalue weighted by Crippen LogP contribution is 2.45. The largest absolute Gasteiger partial charge is 0.375 e. The van der Waals surface area contributed by atoms with Crippen LogP contribution in [-0.4, -0.2) is 37.6 Å². The van der Waals surface area contributed by atoms with Crippen molar-refractivity contribution >= 4 is 5.91 Å². The maximum Gasteiger partial charge on any atom is 0.248 e. The lowest BCUT2D eigenvalue weighted by Gasteiger charge is -2.20. The first-order valence-electron chi connectivity index (χ1n) is 5.90. The minimum Gasteiger partial charge on any atom is -0.375 e. The van der Waals surface area contributed by atoms with Crippen LogP contribution in [0.25, 0.3) is 0 Å². The Morgan fingerprint density at radius 3 is 2.73 bits per heavy atom. The van der Waals surface area contributed by atoms with Gasteiger partial charge in [0.05, 0.1) is 0 Å². The Kier molecular flexibility index (Phi) is 3.01. The highest BCUT2D eigenvalue weighted by Gasteiger charge is 2.45. The Balaban J connectivity index is 1.94. The molecule has 2 aliphatic rings. The van der Waals surface area contributed by atoms with E-state index in [4.69, 9.17) is 4.74 Å². The van der Waals surface area contributed by atoms with E-state index in [2.05, 4.69) is 13.8 Å². The molecule has 1 aliphatic heterocycles. The van der Waals surface area contributed by atoms with Crippen LogP contribution in [0.3, 0.4) is 0 Å². The molecule has 4 atom stereocenters. The fraction of sp³-hybridized carbons (Fsp3) is 0.917. The minimum absolute atomic E-state index is 0.159. The zero-order valence-corrected chi connectivity index (χ0v) is 9.90. The smallest absolute Gasteiger partial charge is 0.248 e. The summed E-state index contributed by atoms with van der Waals surface area (Å²) in [5, 5.41) is 0. The molecule has 1 amide bonds. The van der Waals surface area contributed by atoms with E-state index in [1.807, 2.05) is 4.90 Å². The Hall–Kier alpha value is -0.570. The van der Waals surface area contributed by atoms with Crippen LogP contribution in [0.2, 0.25) is 0 Å². The lowest BCUT2D eigenvalue weighted by Crippen LogP contribution is -2.33. The number of carbonyl (C=O) groups is 1. The van der Waals surface area contributed by atoms with Crippen LogP contribution in [0, 0.1) is 23.7 Å². The lowest BCUT2D eigenvalue weighted by atomic mass is 9.91. The molecule has 0 bridgehead atoms. The third-order valence-corrected chi connectivity index (χ3v) is 4.36. The molecule has 0 aromatic rings. The van der Waals surface area contributed by atoms with Crippen LogP contribution >= 0.6 is 0 Å². The molecule has 0 radical (unpaired) electrons. The summed E-state index contributed by atoms with van der Waals surface area (Å²) in [6.45, 7) is 6.83. The molecule has 4 unspecified atom stereocenters. The fourth-order valence-corrected chi connectivity index (χ4v) is 3.27. The number of hydrogen-bond acceptors (Lipinski definition) is 2. The van der Waals surface area contributed by atoms with Gasteiger partial charge in [-0.1, -0.05) is 13.8 Å². The summed E-state index contributed by atoms with van der Waals surface area (Å²) < 4.78 is 4.89. The maximum absolute atomic E-state index is 11.7. The van der Waals surface area contributed by atoms with Crippen molar-refractivity contribution < 1.29 is 9.53 Å². The molecule has 3 heteroatoms. The molecule has 1 heterocycles. The molecular weight excluding hydrogens is 190 g/mol. The molecule has 0 N–H and O–H groups in total. The Morgan fingerprint density at radius 1 is 1.40 bits per heavy atom. The monoisotopic (exact) mass is 211 g/mol. The molecule has 0 aromatic carbocycles. The highest BCUT2D eigenvalue weighted by molar-refractivity contribution is 5.77. The second-order valence-corrected chi connectivity index (χ2v) is 5.23. The first-order chi connectivity index (χ1) is 7.13. The van der Waals surface area contributed by atoms with Gasteiger partial charge in [-0.3, -0.25) is 4.79 Å². The summed E-state index contributed by atoms with van der Waals surface area (Å²) in [5.41, 5.74) is 0. The van der Waals surface area contributed by atoms with Gasteiger partial charge in [-0.25, -0.2) is 0 Å². The Bertz CT molecular complexity index is 254. The van der Waals surface area contributed by atoms with Crippen molar-refractivity contribution in [1.82, 2.24) is 4.90 Å². The SMILES string of the molecule is COCC(=O)N1CC2CC(C)C(C)C2C1. The number of fused-ring (bicyclic) bond motifs is 1. The van der Waals surface area contributed by atoms with Gasteiger partial charge < -0.3 is 9.64 Å². The van der Waals surface area contributed by atoms with E-state index in [1.165, 1.54) is 6.42 Å². The Labute approximate surface area is 91.8 Å². The van der Waals surface area contributed by atoms with Crippen molar-refractivity contribution in [2.45, 2.75) is 20.3 Å². The van der Waals surface area contributed by atoms with Crippen molar-refractivity contribution in [3.8, 4) is 0 Å². The summed E-state index contributed by atoms with van der Waals surface area (Å²) in [4.78, 5) is 13.7. The van der Waals surface area contributed by atoms with E-state index < -0.39 is 0 Å². The standard InChI is InChI=1S/C12H21NO2/c1-8-4-10-5-13(12(14)7-15-3)6-11(10)9(8)2/h8-11H,4-7H2,1-3H3. The number of hydrogen-bond donors (Lipinski definition) is 0. The van der Waals surface area contributed by atoms with Gasteiger partial charge in [-0.05, 0) is 30.1 Å². The number of rotatable bonds is 2. The first kappa shape index (κ1) is 10.9. The first-order valence-corrected chi connectivity index (χ1v) is 5.90. The maximum atomic E-state index is 11.7. The van der Waals surface area contributed by atoms with E-state index in [0.29, 0.717) is 0 Å². The molecule has 0 spiro atoms. The van der Waals surface area contributed by atoms with Crippen LogP contribution in [0.15, 0.2) is 0 Å².